The van der Waals surface area contributed by atoms with Crippen LogP contribution in [0.4, 0.5) is 9.18 Å². The Kier molecular flexibility index (Phi) is 4.56. The van der Waals surface area contributed by atoms with Crippen LogP contribution in [0, 0.1) is 5.82 Å². The average molecular weight is 259 g/mol. The van der Waals surface area contributed by atoms with Crippen LogP contribution >= 0.6 is 11.6 Å². The molecule has 1 atom stereocenters. The molecule has 2 N–H and O–H groups in total. The zero-order valence-corrected chi connectivity index (χ0v) is 9.23. The molecule has 90 valence electrons. The number of halogens is 2. The number of carbonyl (C=O) groups is 1. The van der Waals surface area contributed by atoms with Gasteiger partial charge in [-0.25, -0.2) is 9.18 Å². The second-order valence-corrected chi connectivity index (χ2v) is 3.55. The van der Waals surface area contributed by atoms with Crippen molar-refractivity contribution in [1.29, 1.82) is 0 Å². The lowest BCUT2D eigenvalue weighted by Gasteiger charge is -2.15. The van der Waals surface area contributed by atoms with Crippen LogP contribution in [-0.2, 0) is 0 Å². The van der Waals surface area contributed by atoms with Crippen LogP contribution < -0.4 is 5.32 Å². The first-order chi connectivity index (χ1) is 8.02. The summed E-state index contributed by atoms with van der Waals surface area (Å²) >= 11 is 5.65. The Hall–Kier alpha value is -1.98. The van der Waals surface area contributed by atoms with E-state index in [0.29, 0.717) is 5.56 Å². The normalized spacial score (nSPS) is 11.4. The summed E-state index contributed by atoms with van der Waals surface area (Å²) in [5.41, 5.74) is 8.48. The fourth-order valence-electron chi connectivity index (χ4n) is 1.28. The monoisotopic (exact) mass is 258 g/mol. The minimum absolute atomic E-state index is 0.137. The van der Waals surface area contributed by atoms with Crippen LogP contribution in [0.1, 0.15) is 11.6 Å². The van der Waals surface area contributed by atoms with Crippen LogP contribution in [0.3, 0.4) is 0 Å². The molecule has 1 amide bonds. The van der Waals surface area contributed by atoms with E-state index in [1.54, 1.807) is 0 Å². The largest absolute Gasteiger partial charge is 0.465 e. The Morgan fingerprint density at radius 1 is 1.65 bits per heavy atom. The van der Waals surface area contributed by atoms with Crippen molar-refractivity contribution in [3.63, 3.8) is 0 Å². The third-order valence-corrected chi connectivity index (χ3v) is 2.13. The Morgan fingerprint density at radius 2 is 2.35 bits per heavy atom. The first kappa shape index (κ1) is 13.1. The lowest BCUT2D eigenvalue weighted by atomic mass is 10.1. The summed E-state index contributed by atoms with van der Waals surface area (Å²) < 4.78 is 13.1. The Morgan fingerprint density at radius 3 is 2.88 bits per heavy atom. The van der Waals surface area contributed by atoms with Gasteiger partial charge in [0.15, 0.2) is 0 Å². The van der Waals surface area contributed by atoms with Crippen molar-refractivity contribution in [2.45, 2.75) is 6.04 Å². The lowest BCUT2D eigenvalue weighted by molar-refractivity contribution is 0.190. The van der Waals surface area contributed by atoms with Crippen molar-refractivity contribution in [3.8, 4) is 0 Å². The number of azide groups is 1. The van der Waals surface area contributed by atoms with E-state index in [4.69, 9.17) is 22.2 Å². The topological polar surface area (TPSA) is 98.1 Å². The summed E-state index contributed by atoms with van der Waals surface area (Å²) in [5, 5.41) is 14.1. The Bertz CT molecular complexity index is 452. The molecule has 0 fully saturated rings. The minimum atomic E-state index is -1.30. The van der Waals surface area contributed by atoms with Crippen LogP contribution in [0.2, 0.25) is 5.02 Å². The number of nitrogens with one attached hydrogen (secondary N) is 1. The van der Waals surface area contributed by atoms with Crippen LogP contribution in [-0.4, -0.2) is 17.7 Å². The fraction of sp³-hybridized carbons (Fsp3) is 0.222. The molecule has 0 aliphatic carbocycles. The molecule has 1 unspecified atom stereocenters. The van der Waals surface area contributed by atoms with Crippen LogP contribution in [0.5, 0.6) is 0 Å². The molecular weight excluding hydrogens is 251 g/mol. The van der Waals surface area contributed by atoms with Crippen molar-refractivity contribution < 1.29 is 14.3 Å². The van der Waals surface area contributed by atoms with E-state index in [1.807, 2.05) is 0 Å². The van der Waals surface area contributed by atoms with Crippen molar-refractivity contribution in [2.24, 2.45) is 5.11 Å². The SMILES string of the molecule is [N-]=[N+]=NCC(NC(=O)O)c1cc(F)cc(Cl)c1. The number of rotatable bonds is 4. The summed E-state index contributed by atoms with van der Waals surface area (Å²) in [6.07, 6.45) is -1.30. The van der Waals surface area contributed by atoms with E-state index in [1.165, 1.54) is 6.07 Å². The maximum Gasteiger partial charge on any atom is 0.405 e. The van der Waals surface area contributed by atoms with Crippen molar-refractivity contribution >= 4 is 17.7 Å². The van der Waals surface area contributed by atoms with E-state index in [0.717, 1.165) is 12.1 Å². The predicted molar refractivity (Wildman–Crippen MR) is 59.3 cm³/mol. The maximum atomic E-state index is 13.1. The molecule has 17 heavy (non-hydrogen) atoms. The van der Waals surface area contributed by atoms with E-state index in [2.05, 4.69) is 15.3 Å². The third-order valence-electron chi connectivity index (χ3n) is 1.91. The minimum Gasteiger partial charge on any atom is -0.465 e. The first-order valence-electron chi connectivity index (χ1n) is 4.49. The van der Waals surface area contributed by atoms with E-state index in [-0.39, 0.29) is 11.6 Å². The quantitative estimate of drug-likeness (QED) is 0.493. The first-order valence-corrected chi connectivity index (χ1v) is 4.87. The number of hydrogen-bond donors (Lipinski definition) is 2. The molecule has 0 saturated carbocycles. The Labute approximate surface area is 101 Å². The molecular formula is C9H8ClFN4O2. The molecule has 1 aromatic carbocycles. The number of hydrogen-bond acceptors (Lipinski definition) is 2. The second kappa shape index (κ2) is 5.93. The molecule has 0 aliphatic heterocycles. The second-order valence-electron chi connectivity index (χ2n) is 3.12. The number of carboxylic acid groups (broad SMARTS) is 1. The molecule has 0 heterocycles. The van der Waals surface area contributed by atoms with Gasteiger partial charge in [-0.2, -0.15) is 0 Å². The van der Waals surface area contributed by atoms with Gasteiger partial charge in [0.05, 0.1) is 12.6 Å². The Balaban J connectivity index is 3.01. The summed E-state index contributed by atoms with van der Waals surface area (Å²) in [5.74, 6) is -0.592. The summed E-state index contributed by atoms with van der Waals surface area (Å²) in [6, 6.07) is 2.78. The molecule has 6 nitrogen and oxygen atoms in total. The zero-order valence-electron chi connectivity index (χ0n) is 8.47. The molecule has 0 spiro atoms. The smallest absolute Gasteiger partial charge is 0.405 e. The maximum absolute atomic E-state index is 13.1. The van der Waals surface area contributed by atoms with Gasteiger partial charge < -0.3 is 10.4 Å². The molecule has 8 heteroatoms. The van der Waals surface area contributed by atoms with Gasteiger partial charge in [0, 0.05) is 9.93 Å². The summed E-state index contributed by atoms with van der Waals surface area (Å²) in [4.78, 5) is 13.1. The van der Waals surface area contributed by atoms with Crippen molar-refractivity contribution in [2.75, 3.05) is 6.54 Å². The lowest BCUT2D eigenvalue weighted by Crippen LogP contribution is -2.28. The van der Waals surface area contributed by atoms with Gasteiger partial charge in [0.2, 0.25) is 0 Å². The predicted octanol–water partition coefficient (Wildman–Crippen LogP) is 3.10. The van der Waals surface area contributed by atoms with Crippen LogP contribution in [0.15, 0.2) is 23.3 Å². The van der Waals surface area contributed by atoms with Gasteiger partial charge >= 0.3 is 6.09 Å². The molecule has 0 bridgehead atoms. The molecule has 0 saturated heterocycles. The summed E-state index contributed by atoms with van der Waals surface area (Å²) in [6.45, 7) is -0.164. The standard InChI is InChI=1S/C9H8ClFN4O2/c10-6-1-5(2-7(11)3-6)8(4-13-15-12)14-9(16)17/h1-3,8,14H,4H2,(H,16,17). The van der Waals surface area contributed by atoms with Gasteiger partial charge in [-0.05, 0) is 29.3 Å². The number of amides is 1. The highest BCUT2D eigenvalue weighted by Crippen LogP contribution is 2.20. The molecule has 0 radical (unpaired) electrons. The molecule has 1 rings (SSSR count). The van der Waals surface area contributed by atoms with Crippen molar-refractivity contribution in [1.82, 2.24) is 5.32 Å². The average Bonchev–Trinajstić information content (AvgIpc) is 2.22. The molecule has 1 aromatic rings. The highest BCUT2D eigenvalue weighted by atomic mass is 35.5. The number of nitrogens with zero attached hydrogens (tertiary/aromatic N) is 3. The van der Waals surface area contributed by atoms with Gasteiger partial charge in [-0.1, -0.05) is 16.7 Å². The van der Waals surface area contributed by atoms with Gasteiger partial charge in [0.1, 0.15) is 5.82 Å². The van der Waals surface area contributed by atoms with Gasteiger partial charge in [-0.15, -0.1) is 0 Å². The van der Waals surface area contributed by atoms with E-state index >= 15 is 0 Å². The van der Waals surface area contributed by atoms with E-state index < -0.39 is 18.0 Å². The molecule has 0 aliphatic rings. The highest BCUT2D eigenvalue weighted by molar-refractivity contribution is 6.30. The summed E-state index contributed by atoms with van der Waals surface area (Å²) in [7, 11) is 0. The van der Waals surface area contributed by atoms with Gasteiger partial charge in [-0.3, -0.25) is 0 Å². The van der Waals surface area contributed by atoms with Crippen LogP contribution in [0.25, 0.3) is 10.4 Å². The third kappa shape index (κ3) is 4.18. The zero-order chi connectivity index (χ0) is 12.8. The molecule has 0 aromatic heterocycles. The number of benzene rings is 1. The fourth-order valence-corrected chi connectivity index (χ4v) is 1.51. The van der Waals surface area contributed by atoms with Crippen molar-refractivity contribution in [3.05, 3.63) is 45.0 Å². The van der Waals surface area contributed by atoms with Gasteiger partial charge in [0.25, 0.3) is 0 Å². The highest BCUT2D eigenvalue weighted by Gasteiger charge is 2.14. The van der Waals surface area contributed by atoms with E-state index in [9.17, 15) is 9.18 Å².